The first-order chi connectivity index (χ1) is 12.7. The number of methoxy groups -OCH3 is 2. The molecule has 3 rings (SSSR count). The quantitative estimate of drug-likeness (QED) is 0.485. The first-order valence-corrected chi connectivity index (χ1v) is 8.46. The van der Waals surface area contributed by atoms with Crippen molar-refractivity contribution in [3.8, 4) is 11.5 Å². The van der Waals surface area contributed by atoms with Crippen molar-refractivity contribution >= 4 is 5.78 Å². The van der Waals surface area contributed by atoms with Gasteiger partial charge >= 0.3 is 0 Å². The van der Waals surface area contributed by atoms with E-state index in [0.717, 1.165) is 6.42 Å². The predicted molar refractivity (Wildman–Crippen MR) is 99.8 cm³/mol. The summed E-state index contributed by atoms with van der Waals surface area (Å²) >= 11 is 0. The molecule has 0 aliphatic heterocycles. The fourth-order valence-corrected chi connectivity index (χ4v) is 2.82. The summed E-state index contributed by atoms with van der Waals surface area (Å²) in [4.78, 5) is 12.6. The molecule has 0 radical (unpaired) electrons. The Morgan fingerprint density at radius 3 is 2.23 bits per heavy atom. The van der Waals surface area contributed by atoms with Gasteiger partial charge in [-0.05, 0) is 29.7 Å². The van der Waals surface area contributed by atoms with Crippen LogP contribution in [0.4, 0.5) is 0 Å². The molecule has 0 saturated heterocycles. The molecule has 26 heavy (non-hydrogen) atoms. The Kier molecular flexibility index (Phi) is 5.64. The number of aromatic nitrogens is 1. The SMILES string of the molecule is COc1ccc(C(=O)C[n+]2ccc(Cc3ccccc3)cc2)c(OC)c1. The molecule has 0 N–H and O–H groups in total. The van der Waals surface area contributed by atoms with Gasteiger partial charge in [0, 0.05) is 18.2 Å². The monoisotopic (exact) mass is 348 g/mol. The van der Waals surface area contributed by atoms with Crippen LogP contribution in [0.2, 0.25) is 0 Å². The van der Waals surface area contributed by atoms with Crippen molar-refractivity contribution in [3.63, 3.8) is 0 Å². The van der Waals surface area contributed by atoms with E-state index in [-0.39, 0.29) is 12.3 Å². The molecule has 0 fully saturated rings. The Labute approximate surface area is 153 Å². The number of rotatable bonds is 7. The third kappa shape index (κ3) is 4.28. The molecule has 1 heterocycles. The van der Waals surface area contributed by atoms with E-state index in [1.165, 1.54) is 11.1 Å². The molecule has 3 aromatic rings. The van der Waals surface area contributed by atoms with Crippen LogP contribution in [-0.4, -0.2) is 20.0 Å². The summed E-state index contributed by atoms with van der Waals surface area (Å²) in [7, 11) is 3.14. The highest BCUT2D eigenvalue weighted by molar-refractivity contribution is 5.97. The number of nitrogens with zero attached hydrogens (tertiary/aromatic N) is 1. The third-order valence-electron chi connectivity index (χ3n) is 4.25. The van der Waals surface area contributed by atoms with Crippen molar-refractivity contribution in [1.82, 2.24) is 0 Å². The summed E-state index contributed by atoms with van der Waals surface area (Å²) < 4.78 is 12.4. The van der Waals surface area contributed by atoms with E-state index in [4.69, 9.17) is 9.47 Å². The minimum absolute atomic E-state index is 0.00897. The van der Waals surface area contributed by atoms with Crippen LogP contribution in [0.5, 0.6) is 11.5 Å². The highest BCUT2D eigenvalue weighted by atomic mass is 16.5. The summed E-state index contributed by atoms with van der Waals surface area (Å²) in [5.74, 6) is 1.18. The predicted octanol–water partition coefficient (Wildman–Crippen LogP) is 3.47. The van der Waals surface area contributed by atoms with E-state index >= 15 is 0 Å². The molecule has 0 spiro atoms. The van der Waals surface area contributed by atoms with E-state index in [1.54, 1.807) is 32.4 Å². The van der Waals surface area contributed by atoms with E-state index < -0.39 is 0 Å². The van der Waals surface area contributed by atoms with Crippen LogP contribution in [0.25, 0.3) is 0 Å². The molecule has 1 aromatic heterocycles. The average Bonchev–Trinajstić information content (AvgIpc) is 2.69. The van der Waals surface area contributed by atoms with E-state index in [1.807, 2.05) is 47.3 Å². The molecule has 0 amide bonds. The number of carbonyl (C=O) groups excluding carboxylic acids is 1. The van der Waals surface area contributed by atoms with Crippen molar-refractivity contribution in [2.45, 2.75) is 13.0 Å². The minimum Gasteiger partial charge on any atom is -0.497 e. The zero-order chi connectivity index (χ0) is 18.4. The summed E-state index contributed by atoms with van der Waals surface area (Å²) in [6.07, 6.45) is 4.75. The molecule has 0 aliphatic carbocycles. The second-order valence-electron chi connectivity index (χ2n) is 6.03. The molecule has 0 atom stereocenters. The Balaban J connectivity index is 1.70. The van der Waals surface area contributed by atoms with Crippen LogP contribution < -0.4 is 14.0 Å². The van der Waals surface area contributed by atoms with Gasteiger partial charge in [-0.3, -0.25) is 4.79 Å². The summed E-state index contributed by atoms with van der Waals surface area (Å²) in [5, 5.41) is 0. The van der Waals surface area contributed by atoms with Gasteiger partial charge in [0.25, 0.3) is 0 Å². The standard InChI is InChI=1S/C22H22NO3/c1-25-19-8-9-20(22(15-19)26-2)21(24)16-23-12-10-18(11-13-23)14-17-6-4-3-5-7-17/h3-13,15H,14,16H2,1-2H3/q+1. The van der Waals surface area contributed by atoms with Gasteiger partial charge in [-0.25, -0.2) is 0 Å². The molecule has 4 nitrogen and oxygen atoms in total. The van der Waals surface area contributed by atoms with Gasteiger partial charge in [-0.1, -0.05) is 30.3 Å². The maximum Gasteiger partial charge on any atom is 0.231 e. The normalized spacial score (nSPS) is 10.4. The van der Waals surface area contributed by atoms with Crippen molar-refractivity contribution in [3.05, 3.63) is 89.7 Å². The topological polar surface area (TPSA) is 39.4 Å². The molecule has 4 heteroatoms. The third-order valence-corrected chi connectivity index (χ3v) is 4.25. The van der Waals surface area contributed by atoms with Gasteiger partial charge in [-0.15, -0.1) is 0 Å². The van der Waals surface area contributed by atoms with Gasteiger partial charge in [0.2, 0.25) is 12.3 Å². The van der Waals surface area contributed by atoms with E-state index in [9.17, 15) is 4.79 Å². The maximum atomic E-state index is 12.6. The maximum absolute atomic E-state index is 12.6. The van der Waals surface area contributed by atoms with Gasteiger partial charge in [-0.2, -0.15) is 4.57 Å². The van der Waals surface area contributed by atoms with Gasteiger partial charge in [0.05, 0.1) is 19.8 Å². The summed E-state index contributed by atoms with van der Waals surface area (Å²) in [6.45, 7) is 0.258. The first-order valence-electron chi connectivity index (χ1n) is 8.46. The number of benzene rings is 2. The van der Waals surface area contributed by atoms with Gasteiger partial charge in [0.15, 0.2) is 12.4 Å². The average molecular weight is 348 g/mol. The molecule has 132 valence electrons. The summed E-state index contributed by atoms with van der Waals surface area (Å²) in [5.41, 5.74) is 3.03. The van der Waals surface area contributed by atoms with Crippen LogP contribution in [0.3, 0.4) is 0 Å². The number of hydrogen-bond acceptors (Lipinski definition) is 3. The van der Waals surface area contributed by atoms with Crippen LogP contribution in [-0.2, 0) is 13.0 Å². The largest absolute Gasteiger partial charge is 0.497 e. The second-order valence-corrected chi connectivity index (χ2v) is 6.03. The lowest BCUT2D eigenvalue weighted by Crippen LogP contribution is -2.37. The van der Waals surface area contributed by atoms with Gasteiger partial charge in [0.1, 0.15) is 11.5 Å². The Morgan fingerprint density at radius 1 is 0.885 bits per heavy atom. The van der Waals surface area contributed by atoms with Crippen LogP contribution in [0.15, 0.2) is 73.1 Å². The van der Waals surface area contributed by atoms with Crippen molar-refractivity contribution in [2.24, 2.45) is 0 Å². The summed E-state index contributed by atoms with van der Waals surface area (Å²) in [6, 6.07) is 19.6. The van der Waals surface area contributed by atoms with Crippen LogP contribution in [0.1, 0.15) is 21.5 Å². The molecular formula is C22H22NO3+. The van der Waals surface area contributed by atoms with E-state index in [0.29, 0.717) is 17.1 Å². The number of Topliss-reactive ketones (excluding diaryl/α,β-unsaturated/α-hetero) is 1. The Hall–Kier alpha value is -3.14. The zero-order valence-electron chi connectivity index (χ0n) is 15.0. The molecule has 2 aromatic carbocycles. The van der Waals surface area contributed by atoms with Crippen molar-refractivity contribution in [2.75, 3.05) is 14.2 Å². The highest BCUT2D eigenvalue weighted by Crippen LogP contribution is 2.24. The Bertz CT molecular complexity index is 874. The van der Waals surface area contributed by atoms with Gasteiger partial charge < -0.3 is 9.47 Å². The lowest BCUT2D eigenvalue weighted by atomic mass is 10.1. The number of carbonyl (C=O) groups is 1. The molecule has 0 bridgehead atoms. The second kappa shape index (κ2) is 8.30. The number of hydrogen-bond donors (Lipinski definition) is 0. The number of pyridine rings is 1. The minimum atomic E-state index is -0.00897. The fourth-order valence-electron chi connectivity index (χ4n) is 2.82. The molecule has 0 aliphatic rings. The van der Waals surface area contributed by atoms with Crippen molar-refractivity contribution < 1.29 is 18.8 Å². The first kappa shape index (κ1) is 17.7. The lowest BCUT2D eigenvalue weighted by molar-refractivity contribution is -0.683. The van der Waals surface area contributed by atoms with E-state index in [2.05, 4.69) is 12.1 Å². The highest BCUT2D eigenvalue weighted by Gasteiger charge is 2.17. The van der Waals surface area contributed by atoms with Crippen molar-refractivity contribution in [1.29, 1.82) is 0 Å². The molecule has 0 saturated carbocycles. The molecular weight excluding hydrogens is 326 g/mol. The zero-order valence-corrected chi connectivity index (χ0v) is 15.0. The fraction of sp³-hybridized carbons (Fsp3) is 0.182. The molecule has 0 unspecified atom stereocenters. The van der Waals surface area contributed by atoms with Crippen LogP contribution in [0, 0.1) is 0 Å². The lowest BCUT2D eigenvalue weighted by Gasteiger charge is -2.08. The number of ether oxygens (including phenoxy) is 2. The number of ketones is 1. The van der Waals surface area contributed by atoms with Crippen LogP contribution >= 0.6 is 0 Å². The Morgan fingerprint density at radius 2 is 1.58 bits per heavy atom. The smallest absolute Gasteiger partial charge is 0.231 e.